The predicted octanol–water partition coefficient (Wildman–Crippen LogP) is 1.01. The number of halogens is 1. The average molecular weight is 240 g/mol. The third kappa shape index (κ3) is 1.52. The van der Waals surface area contributed by atoms with E-state index in [0.717, 1.165) is 5.69 Å². The molecule has 13 heavy (non-hydrogen) atoms. The smallest absolute Gasteiger partial charge is 0.240 e. The number of nitrogen functional groups attached to an aromatic ring is 1. The van der Waals surface area contributed by atoms with Crippen LogP contribution in [0.2, 0.25) is 0 Å². The molecule has 2 N–H and O–H groups in total. The van der Waals surface area contributed by atoms with Gasteiger partial charge in [0.05, 0.1) is 5.69 Å². The average Bonchev–Trinajstić information content (AvgIpc) is 2.47. The van der Waals surface area contributed by atoms with E-state index in [-0.39, 0.29) is 5.95 Å². The zero-order valence-electron chi connectivity index (χ0n) is 6.55. The molecule has 0 spiro atoms. The van der Waals surface area contributed by atoms with Gasteiger partial charge in [-0.25, -0.2) is 4.68 Å². The number of nitrogens with two attached hydrogens (primary N) is 1. The summed E-state index contributed by atoms with van der Waals surface area (Å²) in [4.78, 5) is 7.81. The Morgan fingerprint density at radius 1 is 1.31 bits per heavy atom. The van der Waals surface area contributed by atoms with Gasteiger partial charge in [0.1, 0.15) is 0 Å². The lowest BCUT2D eigenvalue weighted by atomic mass is 10.4. The summed E-state index contributed by atoms with van der Waals surface area (Å²) >= 11 is 3.24. The summed E-state index contributed by atoms with van der Waals surface area (Å²) in [6, 6.07) is 3.64. The van der Waals surface area contributed by atoms with Gasteiger partial charge in [-0.1, -0.05) is 0 Å². The van der Waals surface area contributed by atoms with Gasteiger partial charge in [-0.3, -0.25) is 4.98 Å². The maximum atomic E-state index is 5.43. The zero-order chi connectivity index (χ0) is 9.26. The van der Waals surface area contributed by atoms with Gasteiger partial charge in [-0.05, 0) is 28.1 Å². The molecule has 0 fully saturated rings. The van der Waals surface area contributed by atoms with Crippen molar-refractivity contribution in [1.29, 1.82) is 0 Å². The minimum absolute atomic E-state index is 0.240. The van der Waals surface area contributed by atoms with Gasteiger partial charge in [0.2, 0.25) is 10.7 Å². The predicted molar refractivity (Wildman–Crippen MR) is 51.3 cm³/mol. The molecule has 0 aliphatic carbocycles. The number of hydrogen-bond acceptors (Lipinski definition) is 4. The largest absolute Gasteiger partial charge is 0.366 e. The third-order valence-corrected chi connectivity index (χ3v) is 2.00. The van der Waals surface area contributed by atoms with Crippen LogP contribution in [-0.4, -0.2) is 19.7 Å². The van der Waals surface area contributed by atoms with E-state index in [1.807, 2.05) is 12.1 Å². The van der Waals surface area contributed by atoms with Crippen molar-refractivity contribution in [3.8, 4) is 5.69 Å². The first-order valence-corrected chi connectivity index (χ1v) is 4.35. The molecule has 66 valence electrons. The summed E-state index contributed by atoms with van der Waals surface area (Å²) in [5.74, 6) is 0.240. The third-order valence-electron chi connectivity index (χ3n) is 1.49. The van der Waals surface area contributed by atoms with Crippen LogP contribution in [0.1, 0.15) is 0 Å². The Morgan fingerprint density at radius 3 is 2.54 bits per heavy atom. The highest BCUT2D eigenvalue weighted by atomic mass is 79.9. The molecular weight excluding hydrogens is 234 g/mol. The number of pyridine rings is 1. The summed E-state index contributed by atoms with van der Waals surface area (Å²) in [7, 11) is 0. The van der Waals surface area contributed by atoms with E-state index in [4.69, 9.17) is 5.73 Å². The van der Waals surface area contributed by atoms with Crippen molar-refractivity contribution in [1.82, 2.24) is 19.7 Å². The second kappa shape index (κ2) is 3.14. The molecule has 0 saturated carbocycles. The quantitative estimate of drug-likeness (QED) is 0.807. The van der Waals surface area contributed by atoms with E-state index < -0.39 is 0 Å². The van der Waals surface area contributed by atoms with Crippen molar-refractivity contribution < 1.29 is 0 Å². The van der Waals surface area contributed by atoms with Crippen molar-refractivity contribution in [2.24, 2.45) is 0 Å². The number of anilines is 1. The van der Waals surface area contributed by atoms with Gasteiger partial charge in [-0.2, -0.15) is 4.98 Å². The number of nitrogens with zero attached hydrogens (tertiary/aromatic N) is 4. The van der Waals surface area contributed by atoms with E-state index in [2.05, 4.69) is 31.0 Å². The summed E-state index contributed by atoms with van der Waals surface area (Å²) < 4.78 is 2.17. The highest BCUT2D eigenvalue weighted by molar-refractivity contribution is 9.10. The normalized spacial score (nSPS) is 10.2. The Labute approximate surface area is 82.7 Å². The van der Waals surface area contributed by atoms with Crippen LogP contribution in [0, 0.1) is 0 Å². The molecule has 0 amide bonds. The lowest BCUT2D eigenvalue weighted by Gasteiger charge is -1.98. The first-order valence-electron chi connectivity index (χ1n) is 3.56. The van der Waals surface area contributed by atoms with Crippen molar-refractivity contribution in [3.63, 3.8) is 0 Å². The highest BCUT2D eigenvalue weighted by Gasteiger charge is 2.05. The molecule has 0 radical (unpaired) electrons. The Balaban J connectivity index is 2.53. The van der Waals surface area contributed by atoms with Crippen molar-refractivity contribution >= 4 is 21.9 Å². The molecule has 0 bridgehead atoms. The van der Waals surface area contributed by atoms with E-state index in [9.17, 15) is 0 Å². The second-order valence-corrected chi connectivity index (χ2v) is 3.07. The number of rotatable bonds is 1. The van der Waals surface area contributed by atoms with E-state index in [1.54, 1.807) is 17.1 Å². The van der Waals surface area contributed by atoms with Gasteiger partial charge in [0, 0.05) is 12.4 Å². The second-order valence-electron chi connectivity index (χ2n) is 2.36. The van der Waals surface area contributed by atoms with Crippen LogP contribution >= 0.6 is 15.9 Å². The fourth-order valence-corrected chi connectivity index (χ4v) is 1.42. The molecule has 6 heteroatoms. The lowest BCUT2D eigenvalue weighted by Crippen LogP contribution is -1.97. The van der Waals surface area contributed by atoms with Gasteiger partial charge in [0.15, 0.2) is 0 Å². The first kappa shape index (κ1) is 8.18. The fourth-order valence-electron chi connectivity index (χ4n) is 0.957. The molecule has 2 aromatic rings. The van der Waals surface area contributed by atoms with Crippen LogP contribution in [0.3, 0.4) is 0 Å². The monoisotopic (exact) mass is 239 g/mol. The molecule has 2 aromatic heterocycles. The number of hydrogen-bond donors (Lipinski definition) is 1. The lowest BCUT2D eigenvalue weighted by molar-refractivity contribution is 0.857. The standard InChI is InChI=1S/C7H6BrN5/c8-6-11-7(9)12-13(6)5-1-3-10-4-2-5/h1-4H,(H2,9,12). The van der Waals surface area contributed by atoms with Crippen LogP contribution in [0.5, 0.6) is 0 Å². The van der Waals surface area contributed by atoms with Crippen LogP contribution in [-0.2, 0) is 0 Å². The fraction of sp³-hybridized carbons (Fsp3) is 0. The first-order chi connectivity index (χ1) is 6.27. The van der Waals surface area contributed by atoms with E-state index in [0.29, 0.717) is 4.73 Å². The zero-order valence-corrected chi connectivity index (χ0v) is 8.14. The maximum Gasteiger partial charge on any atom is 0.240 e. The van der Waals surface area contributed by atoms with Gasteiger partial charge < -0.3 is 5.73 Å². The molecule has 0 saturated heterocycles. The van der Waals surface area contributed by atoms with Crippen molar-refractivity contribution in [2.45, 2.75) is 0 Å². The molecular formula is C7H6BrN5. The summed E-state index contributed by atoms with van der Waals surface area (Å²) in [6.45, 7) is 0. The highest BCUT2D eigenvalue weighted by Crippen LogP contribution is 2.13. The van der Waals surface area contributed by atoms with Gasteiger partial charge >= 0.3 is 0 Å². The molecule has 2 rings (SSSR count). The summed E-state index contributed by atoms with van der Waals surface area (Å²) in [5.41, 5.74) is 6.29. The molecule has 0 unspecified atom stereocenters. The van der Waals surface area contributed by atoms with Gasteiger partial charge in [-0.15, -0.1) is 5.10 Å². The number of aromatic nitrogens is 4. The van der Waals surface area contributed by atoms with Crippen LogP contribution < -0.4 is 5.73 Å². The van der Waals surface area contributed by atoms with Crippen LogP contribution in [0.25, 0.3) is 5.69 Å². The molecule has 2 heterocycles. The van der Waals surface area contributed by atoms with Gasteiger partial charge in [0.25, 0.3) is 0 Å². The minimum atomic E-state index is 0.240. The van der Waals surface area contributed by atoms with Crippen LogP contribution in [0.15, 0.2) is 29.3 Å². The minimum Gasteiger partial charge on any atom is -0.366 e. The SMILES string of the molecule is Nc1nc(Br)n(-c2ccncc2)n1. The van der Waals surface area contributed by atoms with Crippen LogP contribution in [0.4, 0.5) is 5.95 Å². The Morgan fingerprint density at radius 2 is 2.00 bits per heavy atom. The molecule has 0 aliphatic heterocycles. The molecule has 0 aliphatic rings. The van der Waals surface area contributed by atoms with E-state index in [1.165, 1.54) is 0 Å². The van der Waals surface area contributed by atoms with E-state index >= 15 is 0 Å². The van der Waals surface area contributed by atoms with Crippen molar-refractivity contribution in [2.75, 3.05) is 5.73 Å². The van der Waals surface area contributed by atoms with Crippen molar-refractivity contribution in [3.05, 3.63) is 29.3 Å². The summed E-state index contributed by atoms with van der Waals surface area (Å²) in [6.07, 6.45) is 3.36. The molecule has 0 aromatic carbocycles. The Hall–Kier alpha value is -1.43. The Bertz CT molecular complexity index is 410. The topological polar surface area (TPSA) is 69.6 Å². The maximum absolute atomic E-state index is 5.43. The molecule has 5 nitrogen and oxygen atoms in total. The Kier molecular flexibility index (Phi) is 1.97. The summed E-state index contributed by atoms with van der Waals surface area (Å²) in [5, 5.41) is 3.99. The molecule has 0 atom stereocenters.